The highest BCUT2D eigenvalue weighted by molar-refractivity contribution is 7.80. The SMILES string of the molecule is Cc1ccc(C)c(C(=O)NCCN=C(N)c2ccccc2S)c1. The van der Waals surface area contributed by atoms with E-state index in [2.05, 4.69) is 22.9 Å². The van der Waals surface area contributed by atoms with Gasteiger partial charge >= 0.3 is 0 Å². The molecule has 0 aliphatic heterocycles. The van der Waals surface area contributed by atoms with Crippen LogP contribution in [0.15, 0.2) is 52.4 Å². The molecule has 1 amide bonds. The third-order valence-electron chi connectivity index (χ3n) is 3.50. The number of amides is 1. The summed E-state index contributed by atoms with van der Waals surface area (Å²) >= 11 is 4.35. The van der Waals surface area contributed by atoms with Crippen molar-refractivity contribution in [1.82, 2.24) is 5.32 Å². The molecule has 2 aromatic carbocycles. The lowest BCUT2D eigenvalue weighted by Gasteiger charge is -2.08. The normalized spacial score (nSPS) is 11.3. The molecule has 0 spiro atoms. The number of aryl methyl sites for hydroxylation is 2. The first-order valence-electron chi connectivity index (χ1n) is 7.43. The molecule has 120 valence electrons. The summed E-state index contributed by atoms with van der Waals surface area (Å²) in [7, 11) is 0. The van der Waals surface area contributed by atoms with Crippen molar-refractivity contribution in [2.75, 3.05) is 13.1 Å². The molecule has 0 fully saturated rings. The molecule has 0 heterocycles. The van der Waals surface area contributed by atoms with Gasteiger partial charge in [0, 0.05) is 22.6 Å². The number of rotatable bonds is 5. The van der Waals surface area contributed by atoms with E-state index in [9.17, 15) is 4.79 Å². The van der Waals surface area contributed by atoms with Gasteiger partial charge in [-0.1, -0.05) is 35.9 Å². The maximum absolute atomic E-state index is 12.2. The van der Waals surface area contributed by atoms with Gasteiger partial charge in [-0.2, -0.15) is 0 Å². The molecule has 0 bridgehead atoms. The molecule has 0 unspecified atom stereocenters. The third-order valence-corrected chi connectivity index (χ3v) is 3.89. The van der Waals surface area contributed by atoms with Crippen molar-refractivity contribution >= 4 is 24.4 Å². The topological polar surface area (TPSA) is 67.5 Å². The van der Waals surface area contributed by atoms with Crippen LogP contribution in [0.25, 0.3) is 0 Å². The number of amidine groups is 1. The largest absolute Gasteiger partial charge is 0.383 e. The van der Waals surface area contributed by atoms with E-state index in [0.717, 1.165) is 21.6 Å². The molecule has 5 heteroatoms. The Balaban J connectivity index is 1.92. The Hall–Kier alpha value is -2.27. The number of hydrogen-bond acceptors (Lipinski definition) is 3. The van der Waals surface area contributed by atoms with Crippen molar-refractivity contribution in [3.05, 3.63) is 64.7 Å². The Kier molecular flexibility index (Phi) is 5.82. The van der Waals surface area contributed by atoms with E-state index in [1.54, 1.807) is 0 Å². The highest BCUT2D eigenvalue weighted by Gasteiger charge is 2.08. The van der Waals surface area contributed by atoms with Crippen molar-refractivity contribution in [1.29, 1.82) is 0 Å². The summed E-state index contributed by atoms with van der Waals surface area (Å²) in [5.74, 6) is 0.339. The van der Waals surface area contributed by atoms with Crippen LogP contribution >= 0.6 is 12.6 Å². The molecule has 0 atom stereocenters. The quantitative estimate of drug-likeness (QED) is 0.342. The predicted molar refractivity (Wildman–Crippen MR) is 97.5 cm³/mol. The molecule has 4 nitrogen and oxygen atoms in total. The van der Waals surface area contributed by atoms with Gasteiger partial charge in [-0.3, -0.25) is 9.79 Å². The highest BCUT2D eigenvalue weighted by atomic mass is 32.1. The molecule has 0 aromatic heterocycles. The summed E-state index contributed by atoms with van der Waals surface area (Å²) < 4.78 is 0. The molecule has 0 aliphatic carbocycles. The summed E-state index contributed by atoms with van der Waals surface area (Å²) in [6, 6.07) is 13.3. The number of hydrogen-bond donors (Lipinski definition) is 3. The standard InChI is InChI=1S/C18H21N3OS/c1-12-7-8-13(2)15(11-12)18(22)21-10-9-20-17(19)14-5-3-4-6-16(14)23/h3-8,11,23H,9-10H2,1-2H3,(H2,19,20)(H,21,22). The number of nitrogens with one attached hydrogen (secondary N) is 1. The maximum Gasteiger partial charge on any atom is 0.251 e. The van der Waals surface area contributed by atoms with Crippen LogP contribution < -0.4 is 11.1 Å². The Morgan fingerprint density at radius 2 is 1.91 bits per heavy atom. The Morgan fingerprint density at radius 3 is 2.65 bits per heavy atom. The molecule has 2 aromatic rings. The molecular weight excluding hydrogens is 306 g/mol. The summed E-state index contributed by atoms with van der Waals surface area (Å²) in [6.07, 6.45) is 0. The number of benzene rings is 2. The molecule has 3 N–H and O–H groups in total. The molecular formula is C18H21N3OS. The van der Waals surface area contributed by atoms with Crippen molar-refractivity contribution in [3.63, 3.8) is 0 Å². The third kappa shape index (κ3) is 4.60. The number of thiol groups is 1. The van der Waals surface area contributed by atoms with Gasteiger partial charge in [0.05, 0.1) is 6.54 Å². The lowest BCUT2D eigenvalue weighted by Crippen LogP contribution is -2.27. The van der Waals surface area contributed by atoms with Gasteiger partial charge in [0.15, 0.2) is 0 Å². The molecule has 23 heavy (non-hydrogen) atoms. The van der Waals surface area contributed by atoms with Gasteiger partial charge < -0.3 is 11.1 Å². The Bertz CT molecular complexity index is 741. The summed E-state index contributed by atoms with van der Waals surface area (Å²) in [6.45, 7) is 4.75. The fourth-order valence-electron chi connectivity index (χ4n) is 2.20. The van der Waals surface area contributed by atoms with Crippen molar-refractivity contribution in [2.24, 2.45) is 10.7 Å². The maximum atomic E-state index is 12.2. The van der Waals surface area contributed by atoms with Gasteiger partial charge in [0.2, 0.25) is 0 Å². The number of nitrogens with two attached hydrogens (primary N) is 1. The van der Waals surface area contributed by atoms with Crippen LogP contribution in [0.1, 0.15) is 27.0 Å². The van der Waals surface area contributed by atoms with Crippen LogP contribution in [-0.4, -0.2) is 24.8 Å². The first-order valence-corrected chi connectivity index (χ1v) is 7.87. The van der Waals surface area contributed by atoms with Gasteiger partial charge in [-0.25, -0.2) is 0 Å². The fraction of sp³-hybridized carbons (Fsp3) is 0.222. The second-order valence-corrected chi connectivity index (χ2v) is 5.84. The number of aliphatic imine (C=N–C) groups is 1. The van der Waals surface area contributed by atoms with Gasteiger partial charge in [-0.15, -0.1) is 12.6 Å². The monoisotopic (exact) mass is 327 g/mol. The van der Waals surface area contributed by atoms with Gasteiger partial charge in [0.1, 0.15) is 5.84 Å². The van der Waals surface area contributed by atoms with Gasteiger partial charge in [-0.05, 0) is 31.5 Å². The average molecular weight is 327 g/mol. The zero-order valence-corrected chi connectivity index (χ0v) is 14.2. The van der Waals surface area contributed by atoms with E-state index in [1.807, 2.05) is 56.3 Å². The summed E-state index contributed by atoms with van der Waals surface area (Å²) in [5.41, 5.74) is 9.48. The lowest BCUT2D eigenvalue weighted by atomic mass is 10.1. The minimum absolute atomic E-state index is 0.0884. The summed E-state index contributed by atoms with van der Waals surface area (Å²) in [4.78, 5) is 17.3. The number of carbonyl (C=O) groups excluding carboxylic acids is 1. The van der Waals surface area contributed by atoms with E-state index >= 15 is 0 Å². The first kappa shape index (κ1) is 17.1. The van der Waals surface area contributed by atoms with E-state index < -0.39 is 0 Å². The van der Waals surface area contributed by atoms with Crippen LogP contribution in [0.5, 0.6) is 0 Å². The van der Waals surface area contributed by atoms with Crippen LogP contribution in [-0.2, 0) is 0 Å². The summed E-state index contributed by atoms with van der Waals surface area (Å²) in [5, 5.41) is 2.87. The van der Waals surface area contributed by atoms with Crippen LogP contribution in [0.4, 0.5) is 0 Å². The average Bonchev–Trinajstić information content (AvgIpc) is 2.53. The molecule has 0 saturated heterocycles. The highest BCUT2D eigenvalue weighted by Crippen LogP contribution is 2.12. The van der Waals surface area contributed by atoms with Crippen LogP contribution in [0, 0.1) is 13.8 Å². The van der Waals surface area contributed by atoms with E-state index in [4.69, 9.17) is 5.73 Å². The Morgan fingerprint density at radius 1 is 1.17 bits per heavy atom. The zero-order valence-electron chi connectivity index (χ0n) is 13.3. The minimum atomic E-state index is -0.0884. The Labute approximate surface area is 142 Å². The van der Waals surface area contributed by atoms with Crippen molar-refractivity contribution < 1.29 is 4.79 Å². The molecule has 0 aliphatic rings. The number of carbonyl (C=O) groups is 1. The van der Waals surface area contributed by atoms with Crippen LogP contribution in [0.2, 0.25) is 0 Å². The van der Waals surface area contributed by atoms with Gasteiger partial charge in [0.25, 0.3) is 5.91 Å². The van der Waals surface area contributed by atoms with Crippen LogP contribution in [0.3, 0.4) is 0 Å². The minimum Gasteiger partial charge on any atom is -0.383 e. The second kappa shape index (κ2) is 7.83. The molecule has 2 rings (SSSR count). The number of nitrogens with zero attached hydrogens (tertiary/aromatic N) is 1. The van der Waals surface area contributed by atoms with Crippen molar-refractivity contribution in [2.45, 2.75) is 18.7 Å². The first-order chi connectivity index (χ1) is 11.0. The second-order valence-electron chi connectivity index (χ2n) is 5.36. The lowest BCUT2D eigenvalue weighted by molar-refractivity contribution is 0.0954. The van der Waals surface area contributed by atoms with E-state index in [1.165, 1.54) is 0 Å². The fourth-order valence-corrected chi connectivity index (χ4v) is 2.47. The predicted octanol–water partition coefficient (Wildman–Crippen LogP) is 2.73. The molecule has 0 saturated carbocycles. The molecule has 0 radical (unpaired) electrons. The van der Waals surface area contributed by atoms with E-state index in [-0.39, 0.29) is 5.91 Å². The van der Waals surface area contributed by atoms with E-state index in [0.29, 0.717) is 24.5 Å². The van der Waals surface area contributed by atoms with Crippen molar-refractivity contribution in [3.8, 4) is 0 Å². The smallest absolute Gasteiger partial charge is 0.251 e. The zero-order chi connectivity index (χ0) is 16.8.